The highest BCUT2D eigenvalue weighted by Gasteiger charge is 2.32. The van der Waals surface area contributed by atoms with Gasteiger partial charge in [-0.3, -0.25) is 4.79 Å². The minimum Gasteiger partial charge on any atom is -0.396 e. The van der Waals surface area contributed by atoms with Gasteiger partial charge in [-0.25, -0.2) is 8.42 Å². The number of sulfonamides is 1. The summed E-state index contributed by atoms with van der Waals surface area (Å²) in [6, 6.07) is 3.65. The molecule has 1 amide bonds. The average molecular weight is 452 g/mol. The van der Waals surface area contributed by atoms with Gasteiger partial charge in [0.25, 0.3) is 5.91 Å². The first-order valence-electron chi connectivity index (χ1n) is 9.62. The van der Waals surface area contributed by atoms with Crippen LogP contribution in [0.1, 0.15) is 42.8 Å². The first-order chi connectivity index (χ1) is 13.2. The zero-order chi connectivity index (χ0) is 20.7. The largest absolute Gasteiger partial charge is 0.396 e. The van der Waals surface area contributed by atoms with Crippen LogP contribution in [0, 0.1) is 0 Å². The summed E-state index contributed by atoms with van der Waals surface area (Å²) in [5.41, 5.74) is 0. The molecule has 1 fully saturated rings. The third-order valence-corrected chi connectivity index (χ3v) is 8.12. The number of aliphatic hydroxyl groups excluding tert-OH is 1. The lowest BCUT2D eigenvalue weighted by Gasteiger charge is -2.39. The van der Waals surface area contributed by atoms with E-state index in [2.05, 4.69) is 24.1 Å². The Balaban J connectivity index is 1.94. The van der Waals surface area contributed by atoms with Crippen molar-refractivity contribution in [2.45, 2.75) is 45.2 Å². The third kappa shape index (κ3) is 6.67. The van der Waals surface area contributed by atoms with E-state index in [1.54, 1.807) is 12.1 Å². The number of thiophene rings is 1. The molecular formula is C18H30ClN3O4S2. The number of halogens is 1. The second-order valence-corrected chi connectivity index (χ2v) is 11.0. The number of rotatable bonds is 10. The van der Waals surface area contributed by atoms with Crippen molar-refractivity contribution in [2.75, 3.05) is 38.5 Å². The number of amides is 1. The fourth-order valence-corrected chi connectivity index (χ4v) is 6.03. The van der Waals surface area contributed by atoms with Gasteiger partial charge in [0.2, 0.25) is 10.0 Å². The van der Waals surface area contributed by atoms with Crippen LogP contribution in [0.15, 0.2) is 12.1 Å². The molecule has 0 unspecified atom stereocenters. The van der Waals surface area contributed by atoms with Gasteiger partial charge in [-0.2, -0.15) is 4.31 Å². The van der Waals surface area contributed by atoms with Crippen LogP contribution in [-0.2, 0) is 10.0 Å². The van der Waals surface area contributed by atoms with E-state index in [-0.39, 0.29) is 30.9 Å². The zero-order valence-corrected chi connectivity index (χ0v) is 18.8. The van der Waals surface area contributed by atoms with Gasteiger partial charge in [-0.05, 0) is 58.3 Å². The van der Waals surface area contributed by atoms with Crippen molar-refractivity contribution in [2.24, 2.45) is 0 Å². The van der Waals surface area contributed by atoms with Gasteiger partial charge in [0, 0.05) is 31.8 Å². The normalized spacial score (nSPS) is 16.8. The van der Waals surface area contributed by atoms with Gasteiger partial charge in [0.1, 0.15) is 0 Å². The number of hydrogen-bond acceptors (Lipinski definition) is 6. The maximum Gasteiger partial charge on any atom is 0.261 e. The van der Waals surface area contributed by atoms with E-state index in [1.807, 2.05) is 0 Å². The summed E-state index contributed by atoms with van der Waals surface area (Å²) in [4.78, 5) is 14.9. The molecule has 1 aromatic rings. The van der Waals surface area contributed by atoms with Crippen molar-refractivity contribution < 1.29 is 18.3 Å². The SMILES string of the molecule is CC(C)N1CCC(N(CCCO)S(=O)(=O)CCNC(=O)c2ccc(Cl)s2)CC1. The van der Waals surface area contributed by atoms with Crippen LogP contribution in [0.25, 0.3) is 0 Å². The maximum absolute atomic E-state index is 12.9. The van der Waals surface area contributed by atoms with Crippen LogP contribution in [0.5, 0.6) is 0 Å². The monoisotopic (exact) mass is 451 g/mol. The Morgan fingerprint density at radius 2 is 2.07 bits per heavy atom. The van der Waals surface area contributed by atoms with Crippen molar-refractivity contribution in [3.63, 3.8) is 0 Å². The van der Waals surface area contributed by atoms with Crippen LogP contribution in [0.2, 0.25) is 4.34 Å². The molecule has 0 bridgehead atoms. The van der Waals surface area contributed by atoms with Gasteiger partial charge < -0.3 is 15.3 Å². The predicted molar refractivity (Wildman–Crippen MR) is 114 cm³/mol. The highest BCUT2D eigenvalue weighted by molar-refractivity contribution is 7.89. The summed E-state index contributed by atoms with van der Waals surface area (Å²) in [7, 11) is -3.54. The minimum absolute atomic E-state index is 0.0388. The summed E-state index contributed by atoms with van der Waals surface area (Å²) in [6.07, 6.45) is 1.97. The van der Waals surface area contributed by atoms with E-state index in [4.69, 9.17) is 11.6 Å². The molecule has 0 saturated carbocycles. The molecule has 0 radical (unpaired) electrons. The Kier molecular flexibility index (Phi) is 9.17. The Hall–Kier alpha value is -0.710. The van der Waals surface area contributed by atoms with Crippen LogP contribution in [-0.4, -0.2) is 79.3 Å². The number of carbonyl (C=O) groups is 1. The summed E-state index contributed by atoms with van der Waals surface area (Å²) in [5, 5.41) is 11.8. The van der Waals surface area contributed by atoms with E-state index < -0.39 is 10.0 Å². The topological polar surface area (TPSA) is 89.9 Å². The summed E-state index contributed by atoms with van der Waals surface area (Å²) in [5.74, 6) is -0.479. The molecule has 0 aromatic carbocycles. The lowest BCUT2D eigenvalue weighted by molar-refractivity contribution is 0.0960. The standard InChI is InChI=1S/C18H30ClN3O4S2/c1-14(2)21-10-6-15(7-11-21)22(9-3-12-23)28(25,26)13-8-20-18(24)16-4-5-17(19)27-16/h4-5,14-15,23H,3,6-13H2,1-2H3,(H,20,24). The lowest BCUT2D eigenvalue weighted by atomic mass is 10.0. The third-order valence-electron chi connectivity index (χ3n) is 4.97. The Morgan fingerprint density at radius 3 is 2.61 bits per heavy atom. The minimum atomic E-state index is -3.54. The smallest absolute Gasteiger partial charge is 0.261 e. The van der Waals surface area contributed by atoms with Crippen LogP contribution >= 0.6 is 22.9 Å². The molecule has 10 heteroatoms. The fraction of sp³-hybridized carbons (Fsp3) is 0.722. The zero-order valence-electron chi connectivity index (χ0n) is 16.4. The molecule has 0 aliphatic carbocycles. The van der Waals surface area contributed by atoms with Crippen molar-refractivity contribution in [1.29, 1.82) is 0 Å². The van der Waals surface area contributed by atoms with Gasteiger partial charge in [0.15, 0.2) is 0 Å². The van der Waals surface area contributed by atoms with Gasteiger partial charge in [0.05, 0.1) is 15.0 Å². The van der Waals surface area contributed by atoms with Gasteiger partial charge >= 0.3 is 0 Å². The molecule has 2 heterocycles. The Labute approximate surface area is 176 Å². The van der Waals surface area contributed by atoms with Crippen molar-refractivity contribution in [3.05, 3.63) is 21.3 Å². The van der Waals surface area contributed by atoms with E-state index >= 15 is 0 Å². The number of carbonyl (C=O) groups excluding carboxylic acids is 1. The summed E-state index contributed by atoms with van der Waals surface area (Å²) in [6.45, 7) is 6.31. The molecule has 0 spiro atoms. The number of nitrogens with one attached hydrogen (secondary N) is 1. The first-order valence-corrected chi connectivity index (χ1v) is 12.4. The number of nitrogens with zero attached hydrogens (tertiary/aromatic N) is 2. The molecule has 160 valence electrons. The molecule has 1 aliphatic heterocycles. The quantitative estimate of drug-likeness (QED) is 0.568. The summed E-state index contributed by atoms with van der Waals surface area (Å²) >= 11 is 6.99. The van der Waals surface area contributed by atoms with Crippen molar-refractivity contribution in [3.8, 4) is 0 Å². The number of likely N-dealkylation sites (tertiary alicyclic amines) is 1. The fourth-order valence-electron chi connectivity index (χ4n) is 3.40. The number of hydrogen-bond donors (Lipinski definition) is 2. The predicted octanol–water partition coefficient (Wildman–Crippen LogP) is 2.02. The van der Waals surface area contributed by atoms with E-state index in [9.17, 15) is 18.3 Å². The lowest BCUT2D eigenvalue weighted by Crippen LogP contribution is -2.50. The van der Waals surface area contributed by atoms with E-state index in [0.29, 0.717) is 28.2 Å². The Bertz CT molecular complexity index is 731. The molecule has 1 saturated heterocycles. The summed E-state index contributed by atoms with van der Waals surface area (Å²) < 4.78 is 27.9. The van der Waals surface area contributed by atoms with Crippen molar-refractivity contribution >= 4 is 38.9 Å². The molecule has 1 aromatic heterocycles. The van der Waals surface area contributed by atoms with E-state index in [1.165, 1.54) is 4.31 Å². The van der Waals surface area contributed by atoms with Gasteiger partial charge in [-0.1, -0.05) is 11.6 Å². The molecule has 0 atom stereocenters. The molecule has 7 nitrogen and oxygen atoms in total. The Morgan fingerprint density at radius 1 is 1.39 bits per heavy atom. The molecule has 28 heavy (non-hydrogen) atoms. The molecule has 2 N–H and O–H groups in total. The van der Waals surface area contributed by atoms with Crippen molar-refractivity contribution in [1.82, 2.24) is 14.5 Å². The number of piperidine rings is 1. The second-order valence-electron chi connectivity index (χ2n) is 7.22. The maximum atomic E-state index is 12.9. The molecular weight excluding hydrogens is 422 g/mol. The number of aliphatic hydroxyl groups is 1. The van der Waals surface area contributed by atoms with Crippen LogP contribution in [0.4, 0.5) is 0 Å². The van der Waals surface area contributed by atoms with Crippen LogP contribution < -0.4 is 5.32 Å². The van der Waals surface area contributed by atoms with Crippen LogP contribution in [0.3, 0.4) is 0 Å². The van der Waals surface area contributed by atoms with E-state index in [0.717, 1.165) is 37.3 Å². The molecule has 1 aliphatic rings. The highest BCUT2D eigenvalue weighted by Crippen LogP contribution is 2.22. The van der Waals surface area contributed by atoms with Gasteiger partial charge in [-0.15, -0.1) is 11.3 Å². The molecule has 2 rings (SSSR count). The highest BCUT2D eigenvalue weighted by atomic mass is 35.5. The average Bonchev–Trinajstić information content (AvgIpc) is 3.08. The first kappa shape index (κ1) is 23.6. The second kappa shape index (κ2) is 10.9.